The van der Waals surface area contributed by atoms with Gasteiger partial charge in [-0.15, -0.1) is 0 Å². The van der Waals surface area contributed by atoms with Crippen LogP contribution in [-0.2, 0) is 14.8 Å². The van der Waals surface area contributed by atoms with Crippen LogP contribution in [0.2, 0.25) is 0 Å². The van der Waals surface area contributed by atoms with E-state index >= 15 is 0 Å². The Labute approximate surface area is 139 Å². The van der Waals surface area contributed by atoms with Gasteiger partial charge in [-0.05, 0) is 45.6 Å². The fraction of sp³-hybridized carbons (Fsp3) is 0.938. The van der Waals surface area contributed by atoms with Crippen LogP contribution in [0.1, 0.15) is 39.0 Å². The molecule has 0 aromatic carbocycles. The molecule has 2 aliphatic heterocycles. The Morgan fingerprint density at radius 3 is 2.57 bits per heavy atom. The molecule has 2 heterocycles. The number of hydrogen-bond acceptors (Lipinski definition) is 4. The van der Waals surface area contributed by atoms with Gasteiger partial charge in [0.1, 0.15) is 0 Å². The second-order valence-electron chi connectivity index (χ2n) is 7.41. The summed E-state index contributed by atoms with van der Waals surface area (Å²) in [6, 6.07) is 0. The van der Waals surface area contributed by atoms with Gasteiger partial charge >= 0.3 is 0 Å². The average Bonchev–Trinajstić information content (AvgIpc) is 3.35. The highest BCUT2D eigenvalue weighted by Crippen LogP contribution is 2.35. The van der Waals surface area contributed by atoms with Crippen molar-refractivity contribution in [3.63, 3.8) is 0 Å². The van der Waals surface area contributed by atoms with Crippen molar-refractivity contribution in [3.8, 4) is 0 Å². The summed E-state index contributed by atoms with van der Waals surface area (Å²) in [4.78, 5) is 16.7. The smallest absolute Gasteiger partial charge is 0.222 e. The molecule has 3 rings (SSSR count). The molecule has 0 aromatic heterocycles. The maximum Gasteiger partial charge on any atom is 0.222 e. The standard InChI is InChI=1S/C16H29N3O3S/c1-3-23(21,22)19-11-10-17(2)16(13-19)7-6-15(20)18(9-8-16)12-14-4-5-14/h14H,3-13H2,1-2H3. The maximum atomic E-state index is 12.4. The molecular formula is C16H29N3O3S. The van der Waals surface area contributed by atoms with Crippen LogP contribution in [0.25, 0.3) is 0 Å². The summed E-state index contributed by atoms with van der Waals surface area (Å²) in [5.74, 6) is 1.10. The van der Waals surface area contributed by atoms with Crippen LogP contribution >= 0.6 is 0 Å². The Morgan fingerprint density at radius 1 is 1.17 bits per heavy atom. The lowest BCUT2D eigenvalue weighted by Gasteiger charge is -2.48. The predicted octanol–water partition coefficient (Wildman–Crippen LogP) is 0.745. The van der Waals surface area contributed by atoms with Gasteiger partial charge in [-0.25, -0.2) is 8.42 Å². The first kappa shape index (κ1) is 17.2. The average molecular weight is 343 g/mol. The first-order valence-electron chi connectivity index (χ1n) is 8.83. The van der Waals surface area contributed by atoms with Crippen LogP contribution in [0.15, 0.2) is 0 Å². The minimum Gasteiger partial charge on any atom is -0.342 e. The number of amides is 1. The third-order valence-corrected chi connectivity index (χ3v) is 7.73. The van der Waals surface area contributed by atoms with Gasteiger partial charge in [-0.3, -0.25) is 9.69 Å². The van der Waals surface area contributed by atoms with E-state index in [1.165, 1.54) is 12.8 Å². The van der Waals surface area contributed by atoms with Crippen molar-refractivity contribution in [2.75, 3.05) is 45.5 Å². The first-order chi connectivity index (χ1) is 10.9. The van der Waals surface area contributed by atoms with Crippen LogP contribution < -0.4 is 0 Å². The van der Waals surface area contributed by atoms with Crippen molar-refractivity contribution in [1.82, 2.24) is 14.1 Å². The Morgan fingerprint density at radius 2 is 1.91 bits per heavy atom. The number of likely N-dealkylation sites (tertiary alicyclic amines) is 1. The van der Waals surface area contributed by atoms with Crippen molar-refractivity contribution >= 4 is 15.9 Å². The number of likely N-dealkylation sites (N-methyl/N-ethyl adjacent to an activating group) is 1. The minimum absolute atomic E-state index is 0.152. The summed E-state index contributed by atoms with van der Waals surface area (Å²) in [5, 5.41) is 0. The lowest BCUT2D eigenvalue weighted by Crippen LogP contribution is -2.62. The van der Waals surface area contributed by atoms with Crippen molar-refractivity contribution in [2.45, 2.75) is 44.6 Å². The number of rotatable bonds is 4. The van der Waals surface area contributed by atoms with Gasteiger partial charge in [-0.1, -0.05) is 0 Å². The minimum atomic E-state index is -3.16. The summed E-state index contributed by atoms with van der Waals surface area (Å²) in [7, 11) is -1.08. The molecule has 0 radical (unpaired) electrons. The molecule has 3 aliphatic rings. The monoisotopic (exact) mass is 343 g/mol. The molecule has 1 amide bonds. The van der Waals surface area contributed by atoms with Crippen molar-refractivity contribution in [1.29, 1.82) is 0 Å². The van der Waals surface area contributed by atoms with Gasteiger partial charge in [0, 0.05) is 44.7 Å². The zero-order valence-electron chi connectivity index (χ0n) is 14.3. The summed E-state index contributed by atoms with van der Waals surface area (Å²) in [6.45, 7) is 5.21. The fourth-order valence-electron chi connectivity index (χ4n) is 3.88. The quantitative estimate of drug-likeness (QED) is 0.756. The van der Waals surface area contributed by atoms with E-state index in [1.807, 2.05) is 4.90 Å². The van der Waals surface area contributed by atoms with Gasteiger partial charge in [0.2, 0.25) is 15.9 Å². The number of carbonyl (C=O) groups is 1. The molecule has 1 aliphatic carbocycles. The normalized spacial score (nSPS) is 31.6. The Kier molecular flexibility index (Phi) is 4.73. The van der Waals surface area contributed by atoms with E-state index < -0.39 is 10.0 Å². The highest BCUT2D eigenvalue weighted by atomic mass is 32.2. The molecule has 7 heteroatoms. The molecule has 1 saturated carbocycles. The van der Waals surface area contributed by atoms with Crippen LogP contribution in [-0.4, -0.2) is 79.5 Å². The number of nitrogens with zero attached hydrogens (tertiary/aromatic N) is 3. The molecule has 1 spiro atoms. The molecule has 6 nitrogen and oxygen atoms in total. The van der Waals surface area contributed by atoms with Crippen molar-refractivity contribution in [2.24, 2.45) is 5.92 Å². The molecule has 132 valence electrons. The third kappa shape index (κ3) is 3.56. The van der Waals surface area contributed by atoms with Crippen LogP contribution in [0.4, 0.5) is 0 Å². The van der Waals surface area contributed by atoms with Gasteiger partial charge in [0.15, 0.2) is 0 Å². The molecule has 0 bridgehead atoms. The van der Waals surface area contributed by atoms with Crippen molar-refractivity contribution < 1.29 is 13.2 Å². The fourth-order valence-corrected chi connectivity index (χ4v) is 5.04. The van der Waals surface area contributed by atoms with Crippen molar-refractivity contribution in [3.05, 3.63) is 0 Å². The van der Waals surface area contributed by atoms with Crippen LogP contribution in [0.3, 0.4) is 0 Å². The molecule has 3 fully saturated rings. The second-order valence-corrected chi connectivity index (χ2v) is 9.67. The molecule has 2 saturated heterocycles. The van der Waals surface area contributed by atoms with E-state index in [-0.39, 0.29) is 17.2 Å². The summed E-state index contributed by atoms with van der Waals surface area (Å²) in [6.07, 6.45) is 4.67. The Hall–Kier alpha value is -0.660. The largest absolute Gasteiger partial charge is 0.342 e. The molecule has 23 heavy (non-hydrogen) atoms. The summed E-state index contributed by atoms with van der Waals surface area (Å²) in [5.41, 5.74) is -0.186. The second kappa shape index (κ2) is 6.33. The number of carbonyl (C=O) groups excluding carboxylic acids is 1. The van der Waals surface area contributed by atoms with E-state index in [2.05, 4.69) is 11.9 Å². The Balaban J connectivity index is 1.74. The number of hydrogen-bond donors (Lipinski definition) is 0. The molecule has 1 unspecified atom stereocenters. The summed E-state index contributed by atoms with van der Waals surface area (Å²) >= 11 is 0. The van der Waals surface area contributed by atoms with Gasteiger partial charge < -0.3 is 4.90 Å². The SMILES string of the molecule is CCS(=O)(=O)N1CCN(C)C2(CCC(=O)N(CC3CC3)CC2)C1. The Bertz CT molecular complexity index is 561. The molecule has 0 aromatic rings. The molecule has 0 N–H and O–H groups in total. The van der Waals surface area contributed by atoms with Gasteiger partial charge in [-0.2, -0.15) is 4.31 Å². The van der Waals surface area contributed by atoms with Crippen LogP contribution in [0.5, 0.6) is 0 Å². The van der Waals surface area contributed by atoms with E-state index in [1.54, 1.807) is 11.2 Å². The zero-order chi connectivity index (χ0) is 16.7. The van der Waals surface area contributed by atoms with Gasteiger partial charge in [0.05, 0.1) is 5.75 Å². The van der Waals surface area contributed by atoms with E-state index in [4.69, 9.17) is 0 Å². The zero-order valence-corrected chi connectivity index (χ0v) is 15.1. The number of sulfonamides is 1. The molecule has 1 atom stereocenters. The van der Waals surface area contributed by atoms with Crippen LogP contribution in [0, 0.1) is 5.92 Å². The molecular weight excluding hydrogens is 314 g/mol. The first-order valence-corrected chi connectivity index (χ1v) is 10.4. The number of piperazine rings is 1. The predicted molar refractivity (Wildman–Crippen MR) is 89.5 cm³/mol. The lowest BCUT2D eigenvalue weighted by atomic mass is 9.87. The van der Waals surface area contributed by atoms with Gasteiger partial charge in [0.25, 0.3) is 0 Å². The summed E-state index contributed by atoms with van der Waals surface area (Å²) < 4.78 is 26.2. The van der Waals surface area contributed by atoms with E-state index in [9.17, 15) is 13.2 Å². The highest BCUT2D eigenvalue weighted by Gasteiger charge is 2.45. The van der Waals surface area contributed by atoms with E-state index in [0.717, 1.165) is 32.5 Å². The lowest BCUT2D eigenvalue weighted by molar-refractivity contribution is -0.130. The third-order valence-electron chi connectivity index (χ3n) is 5.90. The van der Waals surface area contributed by atoms with E-state index in [0.29, 0.717) is 25.4 Å². The topological polar surface area (TPSA) is 60.9 Å². The maximum absolute atomic E-state index is 12.4. The highest BCUT2D eigenvalue weighted by molar-refractivity contribution is 7.89.